The third-order valence-electron chi connectivity index (χ3n) is 5.00. The van der Waals surface area contributed by atoms with Crippen molar-refractivity contribution in [1.29, 1.82) is 0 Å². The summed E-state index contributed by atoms with van der Waals surface area (Å²) in [7, 11) is 1.65. The molecule has 2 heterocycles. The fourth-order valence-corrected chi connectivity index (χ4v) is 3.51. The third kappa shape index (κ3) is 4.50. The Balaban J connectivity index is 1.72. The van der Waals surface area contributed by atoms with Crippen LogP contribution < -0.4 is 4.74 Å². The number of aromatic nitrogens is 2. The Morgan fingerprint density at radius 3 is 2.74 bits per heavy atom. The van der Waals surface area contributed by atoms with Crippen LogP contribution in [0.1, 0.15) is 44.4 Å². The second-order valence-electron chi connectivity index (χ2n) is 7.26. The van der Waals surface area contributed by atoms with E-state index in [4.69, 9.17) is 9.47 Å². The van der Waals surface area contributed by atoms with Gasteiger partial charge in [-0.1, -0.05) is 26.0 Å². The highest BCUT2D eigenvalue weighted by molar-refractivity contribution is 5.82. The lowest BCUT2D eigenvalue weighted by Crippen LogP contribution is -2.52. The first kappa shape index (κ1) is 19.4. The first-order valence-corrected chi connectivity index (χ1v) is 9.60. The summed E-state index contributed by atoms with van der Waals surface area (Å²) in [6.07, 6.45) is 4.40. The standard InChI is InChI=1S/C21H29N3O3/c1-5-10-23-13-19(22-14-23)16(3)20-21(25)24(11-15(2)27-20)12-17-6-8-18(26-4)9-7-17/h6-9,13-16,20H,5,10-12H2,1-4H3/t15-,16?,20?/m1/s1. The van der Waals surface area contributed by atoms with Gasteiger partial charge in [0.25, 0.3) is 5.91 Å². The summed E-state index contributed by atoms with van der Waals surface area (Å²) in [5, 5.41) is 0. The molecule has 27 heavy (non-hydrogen) atoms. The fraction of sp³-hybridized carbons (Fsp3) is 0.524. The van der Waals surface area contributed by atoms with Crippen LogP contribution in [0.5, 0.6) is 5.75 Å². The quantitative estimate of drug-likeness (QED) is 0.750. The van der Waals surface area contributed by atoms with Gasteiger partial charge in [-0.05, 0) is 31.0 Å². The normalized spacial score (nSPS) is 21.3. The topological polar surface area (TPSA) is 56.6 Å². The van der Waals surface area contributed by atoms with Gasteiger partial charge in [0.2, 0.25) is 0 Å². The molecule has 0 spiro atoms. The number of carbonyl (C=O) groups is 1. The first-order valence-electron chi connectivity index (χ1n) is 9.60. The van der Waals surface area contributed by atoms with Crippen molar-refractivity contribution in [3.63, 3.8) is 0 Å². The van der Waals surface area contributed by atoms with E-state index >= 15 is 0 Å². The number of amides is 1. The summed E-state index contributed by atoms with van der Waals surface area (Å²) >= 11 is 0. The van der Waals surface area contributed by atoms with Crippen LogP contribution >= 0.6 is 0 Å². The smallest absolute Gasteiger partial charge is 0.252 e. The number of morpholine rings is 1. The predicted molar refractivity (Wildman–Crippen MR) is 104 cm³/mol. The lowest BCUT2D eigenvalue weighted by atomic mass is 9.98. The minimum atomic E-state index is -0.503. The van der Waals surface area contributed by atoms with Crippen molar-refractivity contribution in [3.8, 4) is 5.75 Å². The Kier molecular flexibility index (Phi) is 6.16. The fourth-order valence-electron chi connectivity index (χ4n) is 3.51. The molecule has 0 N–H and O–H groups in total. The Bertz CT molecular complexity index is 756. The summed E-state index contributed by atoms with van der Waals surface area (Å²) in [6, 6.07) is 7.84. The Morgan fingerprint density at radius 1 is 1.33 bits per heavy atom. The number of aryl methyl sites for hydroxylation is 1. The average Bonchev–Trinajstić information content (AvgIpc) is 3.13. The number of ether oxygens (including phenoxy) is 2. The molecule has 0 saturated carbocycles. The SMILES string of the molecule is CCCn1cnc(C(C)C2O[C@H](C)CN(Cc3ccc(OC)cc3)C2=O)c1. The molecular weight excluding hydrogens is 342 g/mol. The highest BCUT2D eigenvalue weighted by atomic mass is 16.5. The largest absolute Gasteiger partial charge is 0.497 e. The molecule has 1 fully saturated rings. The van der Waals surface area contributed by atoms with Gasteiger partial charge >= 0.3 is 0 Å². The third-order valence-corrected chi connectivity index (χ3v) is 5.00. The van der Waals surface area contributed by atoms with E-state index in [0.29, 0.717) is 13.1 Å². The van der Waals surface area contributed by atoms with Crippen molar-refractivity contribution in [2.45, 2.75) is 58.4 Å². The first-order chi connectivity index (χ1) is 13.0. The number of rotatable bonds is 7. The summed E-state index contributed by atoms with van der Waals surface area (Å²) in [4.78, 5) is 19.5. The van der Waals surface area contributed by atoms with Gasteiger partial charge in [-0.25, -0.2) is 4.98 Å². The van der Waals surface area contributed by atoms with Crippen LogP contribution in [0.3, 0.4) is 0 Å². The molecule has 3 rings (SSSR count). The van der Waals surface area contributed by atoms with Gasteiger partial charge in [-0.3, -0.25) is 4.79 Å². The van der Waals surface area contributed by atoms with Crippen LogP contribution in [0.2, 0.25) is 0 Å². The zero-order valence-electron chi connectivity index (χ0n) is 16.6. The van der Waals surface area contributed by atoms with E-state index in [1.54, 1.807) is 7.11 Å². The number of benzene rings is 1. The summed E-state index contributed by atoms with van der Waals surface area (Å²) in [6.45, 7) is 8.27. The van der Waals surface area contributed by atoms with E-state index in [9.17, 15) is 4.79 Å². The molecule has 1 amide bonds. The lowest BCUT2D eigenvalue weighted by Gasteiger charge is -2.38. The van der Waals surface area contributed by atoms with Crippen LogP contribution in [0.4, 0.5) is 0 Å². The molecule has 2 aromatic rings. The van der Waals surface area contributed by atoms with Gasteiger partial charge in [0, 0.05) is 31.7 Å². The summed E-state index contributed by atoms with van der Waals surface area (Å²) in [5.41, 5.74) is 1.98. The van der Waals surface area contributed by atoms with E-state index < -0.39 is 6.10 Å². The van der Waals surface area contributed by atoms with Crippen molar-refractivity contribution in [1.82, 2.24) is 14.5 Å². The van der Waals surface area contributed by atoms with Crippen LogP contribution in [-0.4, -0.2) is 46.2 Å². The maximum absolute atomic E-state index is 13.1. The van der Waals surface area contributed by atoms with Gasteiger partial charge < -0.3 is 18.9 Å². The number of hydrogen-bond donors (Lipinski definition) is 0. The molecule has 6 nitrogen and oxygen atoms in total. The average molecular weight is 371 g/mol. The summed E-state index contributed by atoms with van der Waals surface area (Å²) in [5.74, 6) is 0.757. The molecule has 1 aliphatic heterocycles. The lowest BCUT2D eigenvalue weighted by molar-refractivity contribution is -0.163. The Labute approximate surface area is 161 Å². The molecule has 6 heteroatoms. The van der Waals surface area contributed by atoms with Crippen molar-refractivity contribution in [2.75, 3.05) is 13.7 Å². The van der Waals surface area contributed by atoms with Gasteiger partial charge in [-0.2, -0.15) is 0 Å². The minimum absolute atomic E-state index is 0.00822. The van der Waals surface area contributed by atoms with Crippen LogP contribution in [0, 0.1) is 0 Å². The molecule has 2 unspecified atom stereocenters. The van der Waals surface area contributed by atoms with Crippen molar-refractivity contribution in [2.24, 2.45) is 0 Å². The second-order valence-corrected chi connectivity index (χ2v) is 7.26. The Morgan fingerprint density at radius 2 is 2.07 bits per heavy atom. The van der Waals surface area contributed by atoms with Gasteiger partial charge in [0.15, 0.2) is 0 Å². The highest BCUT2D eigenvalue weighted by Crippen LogP contribution is 2.27. The van der Waals surface area contributed by atoms with E-state index in [1.807, 2.05) is 55.5 Å². The molecule has 1 aromatic heterocycles. The number of nitrogens with zero attached hydrogens (tertiary/aromatic N) is 3. The molecule has 146 valence electrons. The van der Waals surface area contributed by atoms with Crippen molar-refractivity contribution in [3.05, 3.63) is 48.0 Å². The second kappa shape index (κ2) is 8.57. The minimum Gasteiger partial charge on any atom is -0.497 e. The number of carbonyl (C=O) groups excluding carboxylic acids is 1. The Hall–Kier alpha value is -2.34. The monoisotopic (exact) mass is 371 g/mol. The van der Waals surface area contributed by atoms with Gasteiger partial charge in [-0.15, -0.1) is 0 Å². The highest BCUT2D eigenvalue weighted by Gasteiger charge is 2.38. The van der Waals surface area contributed by atoms with E-state index in [1.165, 1.54) is 0 Å². The van der Waals surface area contributed by atoms with E-state index in [0.717, 1.165) is 30.0 Å². The van der Waals surface area contributed by atoms with Crippen LogP contribution in [-0.2, 0) is 22.6 Å². The van der Waals surface area contributed by atoms with Crippen molar-refractivity contribution < 1.29 is 14.3 Å². The predicted octanol–water partition coefficient (Wildman–Crippen LogP) is 3.22. The number of hydrogen-bond acceptors (Lipinski definition) is 4. The maximum Gasteiger partial charge on any atom is 0.252 e. The molecule has 0 aliphatic carbocycles. The summed E-state index contributed by atoms with van der Waals surface area (Å²) < 4.78 is 13.3. The van der Waals surface area contributed by atoms with Crippen LogP contribution in [0.15, 0.2) is 36.8 Å². The molecule has 0 bridgehead atoms. The molecule has 0 radical (unpaired) electrons. The molecule has 1 aromatic carbocycles. The molecular formula is C21H29N3O3. The number of methoxy groups -OCH3 is 1. The van der Waals surface area contributed by atoms with Gasteiger partial charge in [0.1, 0.15) is 11.9 Å². The van der Waals surface area contributed by atoms with Crippen LogP contribution in [0.25, 0.3) is 0 Å². The zero-order chi connectivity index (χ0) is 19.4. The molecule has 3 atom stereocenters. The van der Waals surface area contributed by atoms with E-state index in [-0.39, 0.29) is 17.9 Å². The molecule has 1 saturated heterocycles. The zero-order valence-corrected chi connectivity index (χ0v) is 16.6. The maximum atomic E-state index is 13.1. The van der Waals surface area contributed by atoms with Crippen molar-refractivity contribution >= 4 is 5.91 Å². The number of imidazole rings is 1. The van der Waals surface area contributed by atoms with E-state index in [2.05, 4.69) is 16.5 Å². The van der Waals surface area contributed by atoms with Gasteiger partial charge in [0.05, 0.1) is 25.2 Å². The molecule has 1 aliphatic rings.